The van der Waals surface area contributed by atoms with E-state index in [1.54, 1.807) is 14.2 Å². The number of benzene rings is 1. The third-order valence-electron chi connectivity index (χ3n) is 1.58. The average Bonchev–Trinajstić information content (AvgIpc) is 2.03. The van der Waals surface area contributed by atoms with Crippen molar-refractivity contribution in [2.24, 2.45) is 0 Å². The van der Waals surface area contributed by atoms with E-state index in [0.29, 0.717) is 16.5 Å². The van der Waals surface area contributed by atoms with Gasteiger partial charge in [-0.1, -0.05) is 11.6 Å². The molecule has 66 valence electrons. The normalized spacial score (nSPS) is 9.67. The Hall–Kier alpha value is -0.890. The molecule has 0 bridgehead atoms. The number of ether oxygens (including phenoxy) is 2. The van der Waals surface area contributed by atoms with Gasteiger partial charge < -0.3 is 9.47 Å². The van der Waals surface area contributed by atoms with Gasteiger partial charge in [0.2, 0.25) is 0 Å². The van der Waals surface area contributed by atoms with Crippen molar-refractivity contribution in [2.45, 2.75) is 6.92 Å². The highest BCUT2D eigenvalue weighted by atomic mass is 35.5. The van der Waals surface area contributed by atoms with Gasteiger partial charge in [-0.05, 0) is 24.6 Å². The zero-order chi connectivity index (χ0) is 9.14. The van der Waals surface area contributed by atoms with E-state index < -0.39 is 0 Å². The lowest BCUT2D eigenvalue weighted by atomic mass is 10.2. The molecule has 0 aliphatic carbocycles. The molecule has 0 saturated carbocycles. The van der Waals surface area contributed by atoms with E-state index in [0.717, 1.165) is 5.56 Å². The van der Waals surface area contributed by atoms with Crippen LogP contribution in [0.2, 0.25) is 5.02 Å². The molecule has 0 radical (unpaired) electrons. The van der Waals surface area contributed by atoms with Gasteiger partial charge in [0.05, 0.1) is 19.2 Å². The molecule has 1 aromatic rings. The second-order valence-corrected chi connectivity index (χ2v) is 2.89. The van der Waals surface area contributed by atoms with Gasteiger partial charge in [0.1, 0.15) is 0 Å². The molecule has 1 aromatic carbocycles. The molecule has 0 spiro atoms. The van der Waals surface area contributed by atoms with Gasteiger partial charge in [0.25, 0.3) is 0 Å². The van der Waals surface area contributed by atoms with E-state index in [1.165, 1.54) is 0 Å². The summed E-state index contributed by atoms with van der Waals surface area (Å²) in [4.78, 5) is 0. The molecule has 0 aromatic heterocycles. The topological polar surface area (TPSA) is 18.5 Å². The van der Waals surface area contributed by atoms with Crippen molar-refractivity contribution in [1.29, 1.82) is 0 Å². The standard InChI is InChI=1S/C9H11ClO2/c1-6-4-7(10)9(12-3)8(5-6)11-2/h4-5H,1-3H3. The molecule has 3 heteroatoms. The number of halogens is 1. The van der Waals surface area contributed by atoms with Crippen LogP contribution in [-0.4, -0.2) is 14.2 Å². The Bertz CT molecular complexity index is 284. The summed E-state index contributed by atoms with van der Waals surface area (Å²) in [5, 5.41) is 0.578. The van der Waals surface area contributed by atoms with Crippen molar-refractivity contribution in [3.8, 4) is 11.5 Å². The Kier molecular flexibility index (Phi) is 2.82. The van der Waals surface area contributed by atoms with Crippen molar-refractivity contribution in [3.05, 3.63) is 22.7 Å². The van der Waals surface area contributed by atoms with Crippen molar-refractivity contribution in [3.63, 3.8) is 0 Å². The molecule has 1 rings (SSSR count). The van der Waals surface area contributed by atoms with Gasteiger partial charge in [-0.2, -0.15) is 0 Å². The van der Waals surface area contributed by atoms with E-state index in [2.05, 4.69) is 0 Å². The highest BCUT2D eigenvalue weighted by molar-refractivity contribution is 6.32. The molecule has 0 unspecified atom stereocenters. The third kappa shape index (κ3) is 1.64. The SMILES string of the molecule is COc1cc(C)cc(Cl)c1OC. The third-order valence-corrected chi connectivity index (χ3v) is 1.86. The molecule has 0 fully saturated rings. The van der Waals surface area contributed by atoms with Crippen LogP contribution in [0.25, 0.3) is 0 Å². The maximum Gasteiger partial charge on any atom is 0.179 e. The van der Waals surface area contributed by atoms with Crippen LogP contribution in [0.5, 0.6) is 11.5 Å². The van der Waals surface area contributed by atoms with Crippen molar-refractivity contribution in [2.75, 3.05) is 14.2 Å². The highest BCUT2D eigenvalue weighted by Crippen LogP contribution is 2.35. The monoisotopic (exact) mass is 186 g/mol. The summed E-state index contributed by atoms with van der Waals surface area (Å²) < 4.78 is 10.2. The summed E-state index contributed by atoms with van der Waals surface area (Å²) in [6, 6.07) is 3.72. The molecule has 0 saturated heterocycles. The summed E-state index contributed by atoms with van der Waals surface area (Å²) in [5.74, 6) is 1.26. The summed E-state index contributed by atoms with van der Waals surface area (Å²) in [5.41, 5.74) is 1.05. The Labute approximate surface area is 77.1 Å². The van der Waals surface area contributed by atoms with E-state index in [9.17, 15) is 0 Å². The number of hydrogen-bond donors (Lipinski definition) is 0. The fourth-order valence-electron chi connectivity index (χ4n) is 1.05. The van der Waals surface area contributed by atoms with Crippen LogP contribution in [0, 0.1) is 6.92 Å². The Morgan fingerprint density at radius 2 is 1.83 bits per heavy atom. The van der Waals surface area contributed by atoms with E-state index >= 15 is 0 Å². The minimum Gasteiger partial charge on any atom is -0.493 e. The molecule has 0 atom stereocenters. The summed E-state index contributed by atoms with van der Waals surface area (Å²) in [6.07, 6.45) is 0. The van der Waals surface area contributed by atoms with Gasteiger partial charge >= 0.3 is 0 Å². The van der Waals surface area contributed by atoms with E-state index in [4.69, 9.17) is 21.1 Å². The molecule has 0 aliphatic rings. The maximum atomic E-state index is 5.91. The Balaban J connectivity index is 3.24. The first-order chi connectivity index (χ1) is 5.69. The lowest BCUT2D eigenvalue weighted by Gasteiger charge is -2.09. The fraction of sp³-hybridized carbons (Fsp3) is 0.333. The van der Waals surface area contributed by atoms with Crippen LogP contribution in [0.4, 0.5) is 0 Å². The number of rotatable bonds is 2. The van der Waals surface area contributed by atoms with Crippen molar-refractivity contribution >= 4 is 11.6 Å². The number of aryl methyl sites for hydroxylation is 1. The fourth-order valence-corrected chi connectivity index (χ4v) is 1.39. The van der Waals surface area contributed by atoms with Crippen LogP contribution in [0.3, 0.4) is 0 Å². The van der Waals surface area contributed by atoms with Crippen molar-refractivity contribution < 1.29 is 9.47 Å². The molecule has 0 heterocycles. The minimum atomic E-state index is 0.578. The van der Waals surface area contributed by atoms with Gasteiger partial charge in [0, 0.05) is 0 Å². The maximum absolute atomic E-state index is 5.91. The number of hydrogen-bond acceptors (Lipinski definition) is 2. The lowest BCUT2D eigenvalue weighted by Crippen LogP contribution is -1.91. The lowest BCUT2D eigenvalue weighted by molar-refractivity contribution is 0.355. The molecular formula is C9H11ClO2. The van der Waals surface area contributed by atoms with Crippen LogP contribution in [-0.2, 0) is 0 Å². The Morgan fingerprint density at radius 3 is 2.33 bits per heavy atom. The molecule has 0 amide bonds. The molecule has 12 heavy (non-hydrogen) atoms. The largest absolute Gasteiger partial charge is 0.493 e. The highest BCUT2D eigenvalue weighted by Gasteiger charge is 2.08. The zero-order valence-electron chi connectivity index (χ0n) is 7.35. The molecular weight excluding hydrogens is 176 g/mol. The van der Waals surface area contributed by atoms with E-state index in [1.807, 2.05) is 19.1 Å². The van der Waals surface area contributed by atoms with Gasteiger partial charge in [-0.3, -0.25) is 0 Å². The van der Waals surface area contributed by atoms with Crippen LogP contribution < -0.4 is 9.47 Å². The quantitative estimate of drug-likeness (QED) is 0.707. The molecule has 2 nitrogen and oxygen atoms in total. The second kappa shape index (κ2) is 3.68. The molecule has 0 N–H and O–H groups in total. The van der Waals surface area contributed by atoms with Gasteiger partial charge in [0.15, 0.2) is 11.5 Å². The number of methoxy groups -OCH3 is 2. The van der Waals surface area contributed by atoms with Crippen molar-refractivity contribution in [1.82, 2.24) is 0 Å². The zero-order valence-corrected chi connectivity index (χ0v) is 8.11. The van der Waals surface area contributed by atoms with Crippen LogP contribution >= 0.6 is 11.6 Å². The summed E-state index contributed by atoms with van der Waals surface area (Å²) in [6.45, 7) is 1.95. The molecule has 0 aliphatic heterocycles. The summed E-state index contributed by atoms with van der Waals surface area (Å²) >= 11 is 5.91. The van der Waals surface area contributed by atoms with Crippen LogP contribution in [0.15, 0.2) is 12.1 Å². The minimum absolute atomic E-state index is 0.578. The smallest absolute Gasteiger partial charge is 0.179 e. The average molecular weight is 187 g/mol. The van der Waals surface area contributed by atoms with Crippen LogP contribution in [0.1, 0.15) is 5.56 Å². The summed E-state index contributed by atoms with van der Waals surface area (Å²) in [7, 11) is 3.16. The first kappa shape index (κ1) is 9.20. The Morgan fingerprint density at radius 1 is 1.17 bits per heavy atom. The second-order valence-electron chi connectivity index (χ2n) is 2.48. The predicted molar refractivity (Wildman–Crippen MR) is 49.3 cm³/mol. The first-order valence-electron chi connectivity index (χ1n) is 3.57. The van der Waals surface area contributed by atoms with E-state index in [-0.39, 0.29) is 0 Å². The first-order valence-corrected chi connectivity index (χ1v) is 3.95. The van der Waals surface area contributed by atoms with Gasteiger partial charge in [-0.25, -0.2) is 0 Å². The van der Waals surface area contributed by atoms with Gasteiger partial charge in [-0.15, -0.1) is 0 Å². The predicted octanol–water partition coefficient (Wildman–Crippen LogP) is 2.67.